The number of rotatable bonds is 4. The fourth-order valence-electron chi connectivity index (χ4n) is 2.04. The van der Waals surface area contributed by atoms with Gasteiger partial charge in [-0.2, -0.15) is 0 Å². The van der Waals surface area contributed by atoms with Crippen LogP contribution in [0.3, 0.4) is 0 Å². The Morgan fingerprint density at radius 2 is 1.85 bits per heavy atom. The molecule has 0 atom stereocenters. The number of anilines is 2. The number of carbonyl (C=O) groups is 2. The van der Waals surface area contributed by atoms with Crippen molar-refractivity contribution in [2.75, 3.05) is 43.5 Å². The molecule has 1 aromatic rings. The maximum absolute atomic E-state index is 11.9. The Labute approximate surface area is 118 Å². The maximum Gasteiger partial charge on any atom is 0.238 e. The molecule has 0 saturated carbocycles. The van der Waals surface area contributed by atoms with E-state index in [9.17, 15) is 9.59 Å². The molecule has 2 N–H and O–H groups in total. The Morgan fingerprint density at radius 3 is 2.50 bits per heavy atom. The van der Waals surface area contributed by atoms with Gasteiger partial charge < -0.3 is 15.4 Å². The molecule has 0 aliphatic carbocycles. The van der Waals surface area contributed by atoms with Crippen LogP contribution in [0, 0.1) is 0 Å². The zero-order chi connectivity index (χ0) is 14.4. The van der Waals surface area contributed by atoms with E-state index in [2.05, 4.69) is 15.5 Å². The summed E-state index contributed by atoms with van der Waals surface area (Å²) in [6.07, 6.45) is 0. The Kier molecular flexibility index (Phi) is 5.09. The van der Waals surface area contributed by atoms with E-state index in [-0.39, 0.29) is 11.8 Å². The molecular weight excluding hydrogens is 258 g/mol. The van der Waals surface area contributed by atoms with Gasteiger partial charge in [0.25, 0.3) is 0 Å². The molecule has 0 aromatic heterocycles. The number of ether oxygens (including phenoxy) is 1. The Balaban J connectivity index is 1.88. The van der Waals surface area contributed by atoms with Crippen molar-refractivity contribution in [2.45, 2.75) is 6.92 Å². The Morgan fingerprint density at radius 1 is 1.20 bits per heavy atom. The van der Waals surface area contributed by atoms with Crippen LogP contribution >= 0.6 is 0 Å². The number of nitrogens with one attached hydrogen (secondary N) is 2. The Bertz CT molecular complexity index is 484. The van der Waals surface area contributed by atoms with Gasteiger partial charge in [-0.1, -0.05) is 6.07 Å². The highest BCUT2D eigenvalue weighted by Gasteiger charge is 2.14. The van der Waals surface area contributed by atoms with Crippen LogP contribution in [0.1, 0.15) is 6.92 Å². The van der Waals surface area contributed by atoms with E-state index in [1.807, 2.05) is 0 Å². The van der Waals surface area contributed by atoms with E-state index in [1.165, 1.54) is 6.92 Å². The average Bonchev–Trinajstić information content (AvgIpc) is 2.39. The first-order valence-corrected chi connectivity index (χ1v) is 6.61. The van der Waals surface area contributed by atoms with E-state index in [1.54, 1.807) is 24.3 Å². The summed E-state index contributed by atoms with van der Waals surface area (Å²) in [6, 6.07) is 7.09. The van der Waals surface area contributed by atoms with Gasteiger partial charge in [-0.3, -0.25) is 14.5 Å². The number of hydrogen-bond acceptors (Lipinski definition) is 4. The minimum absolute atomic E-state index is 0.0631. The lowest BCUT2D eigenvalue weighted by molar-refractivity contribution is -0.118. The molecule has 0 radical (unpaired) electrons. The van der Waals surface area contributed by atoms with Crippen molar-refractivity contribution < 1.29 is 14.3 Å². The SMILES string of the molecule is CC(=O)Nc1cccc(NC(=O)CN2CCOCC2)c1. The molecule has 0 spiro atoms. The number of benzene rings is 1. The monoisotopic (exact) mass is 277 g/mol. The van der Waals surface area contributed by atoms with Crippen LogP contribution in [0.4, 0.5) is 11.4 Å². The van der Waals surface area contributed by atoms with Crippen LogP contribution in [-0.2, 0) is 14.3 Å². The number of morpholine rings is 1. The van der Waals surface area contributed by atoms with Gasteiger partial charge in [0.1, 0.15) is 0 Å². The quantitative estimate of drug-likeness (QED) is 0.858. The molecule has 0 bridgehead atoms. The van der Waals surface area contributed by atoms with E-state index in [0.29, 0.717) is 31.1 Å². The number of nitrogens with zero attached hydrogens (tertiary/aromatic N) is 1. The normalized spacial score (nSPS) is 15.7. The number of hydrogen-bond donors (Lipinski definition) is 2. The van der Waals surface area contributed by atoms with Gasteiger partial charge in [-0.25, -0.2) is 0 Å². The topological polar surface area (TPSA) is 70.7 Å². The smallest absolute Gasteiger partial charge is 0.238 e. The molecule has 1 saturated heterocycles. The average molecular weight is 277 g/mol. The summed E-state index contributed by atoms with van der Waals surface area (Å²) < 4.78 is 5.24. The van der Waals surface area contributed by atoms with Gasteiger partial charge in [-0.05, 0) is 18.2 Å². The van der Waals surface area contributed by atoms with E-state index >= 15 is 0 Å². The molecule has 1 aliphatic rings. The molecule has 2 amide bonds. The zero-order valence-corrected chi connectivity index (χ0v) is 11.5. The van der Waals surface area contributed by atoms with Crippen molar-refractivity contribution in [1.29, 1.82) is 0 Å². The molecule has 1 fully saturated rings. The van der Waals surface area contributed by atoms with E-state index in [4.69, 9.17) is 4.74 Å². The summed E-state index contributed by atoms with van der Waals surface area (Å²) in [6.45, 7) is 4.70. The molecular formula is C14H19N3O3. The number of carbonyl (C=O) groups excluding carboxylic acids is 2. The van der Waals surface area contributed by atoms with Crippen LogP contribution in [0.2, 0.25) is 0 Å². The van der Waals surface area contributed by atoms with Crippen molar-refractivity contribution in [3.63, 3.8) is 0 Å². The van der Waals surface area contributed by atoms with Crippen LogP contribution < -0.4 is 10.6 Å². The van der Waals surface area contributed by atoms with Crippen molar-refractivity contribution >= 4 is 23.2 Å². The minimum atomic E-state index is -0.137. The lowest BCUT2D eigenvalue weighted by Gasteiger charge is -2.25. The highest BCUT2D eigenvalue weighted by atomic mass is 16.5. The standard InChI is InChI=1S/C14H19N3O3/c1-11(18)15-12-3-2-4-13(9-12)16-14(19)10-17-5-7-20-8-6-17/h2-4,9H,5-8,10H2,1H3,(H,15,18)(H,16,19). The van der Waals surface area contributed by atoms with Crippen LogP contribution in [0.15, 0.2) is 24.3 Å². The van der Waals surface area contributed by atoms with Crippen molar-refractivity contribution in [3.8, 4) is 0 Å². The Hall–Kier alpha value is -1.92. The second kappa shape index (κ2) is 7.02. The van der Waals surface area contributed by atoms with Gasteiger partial charge in [0.2, 0.25) is 11.8 Å². The number of amides is 2. The molecule has 1 aromatic carbocycles. The minimum Gasteiger partial charge on any atom is -0.379 e. The lowest BCUT2D eigenvalue weighted by atomic mass is 10.2. The highest BCUT2D eigenvalue weighted by molar-refractivity contribution is 5.94. The van der Waals surface area contributed by atoms with Gasteiger partial charge in [0.05, 0.1) is 19.8 Å². The van der Waals surface area contributed by atoms with Crippen LogP contribution in [-0.4, -0.2) is 49.6 Å². The predicted octanol–water partition coefficient (Wildman–Crippen LogP) is 0.916. The van der Waals surface area contributed by atoms with Crippen molar-refractivity contribution in [2.24, 2.45) is 0 Å². The summed E-state index contributed by atoms with van der Waals surface area (Å²) in [5.74, 6) is -0.200. The molecule has 1 aliphatic heterocycles. The van der Waals surface area contributed by atoms with E-state index in [0.717, 1.165) is 13.1 Å². The van der Waals surface area contributed by atoms with Crippen LogP contribution in [0.25, 0.3) is 0 Å². The summed E-state index contributed by atoms with van der Waals surface area (Å²) in [5.41, 5.74) is 1.34. The molecule has 6 nitrogen and oxygen atoms in total. The highest BCUT2D eigenvalue weighted by Crippen LogP contribution is 2.15. The van der Waals surface area contributed by atoms with Crippen LogP contribution in [0.5, 0.6) is 0 Å². The largest absolute Gasteiger partial charge is 0.379 e. The molecule has 108 valence electrons. The van der Waals surface area contributed by atoms with Gasteiger partial charge in [-0.15, -0.1) is 0 Å². The fourth-order valence-corrected chi connectivity index (χ4v) is 2.04. The fraction of sp³-hybridized carbons (Fsp3) is 0.429. The second-order valence-electron chi connectivity index (χ2n) is 4.70. The first kappa shape index (κ1) is 14.5. The molecule has 1 heterocycles. The summed E-state index contributed by atoms with van der Waals surface area (Å²) in [5, 5.41) is 5.51. The molecule has 20 heavy (non-hydrogen) atoms. The van der Waals surface area contributed by atoms with Crippen molar-refractivity contribution in [1.82, 2.24) is 4.90 Å². The molecule has 6 heteroatoms. The predicted molar refractivity (Wildman–Crippen MR) is 76.6 cm³/mol. The van der Waals surface area contributed by atoms with Gasteiger partial charge in [0, 0.05) is 31.4 Å². The zero-order valence-electron chi connectivity index (χ0n) is 11.5. The lowest BCUT2D eigenvalue weighted by Crippen LogP contribution is -2.41. The summed E-state index contributed by atoms with van der Waals surface area (Å²) >= 11 is 0. The third-order valence-electron chi connectivity index (χ3n) is 2.94. The first-order valence-electron chi connectivity index (χ1n) is 6.61. The third kappa shape index (κ3) is 4.64. The summed E-state index contributed by atoms with van der Waals surface area (Å²) in [4.78, 5) is 25.0. The summed E-state index contributed by atoms with van der Waals surface area (Å²) in [7, 11) is 0. The third-order valence-corrected chi connectivity index (χ3v) is 2.94. The van der Waals surface area contributed by atoms with E-state index < -0.39 is 0 Å². The first-order chi connectivity index (χ1) is 9.63. The maximum atomic E-state index is 11.9. The van der Waals surface area contributed by atoms with Crippen molar-refractivity contribution in [3.05, 3.63) is 24.3 Å². The molecule has 2 rings (SSSR count). The van der Waals surface area contributed by atoms with Gasteiger partial charge >= 0.3 is 0 Å². The second-order valence-corrected chi connectivity index (χ2v) is 4.70. The molecule has 0 unspecified atom stereocenters. The van der Waals surface area contributed by atoms with Gasteiger partial charge in [0.15, 0.2) is 0 Å².